The lowest BCUT2D eigenvalue weighted by Gasteiger charge is -2.24. The summed E-state index contributed by atoms with van der Waals surface area (Å²) >= 11 is 0. The highest BCUT2D eigenvalue weighted by atomic mass is 19.4. The normalized spacial score (nSPS) is 16.1. The van der Waals surface area contributed by atoms with Gasteiger partial charge in [0.1, 0.15) is 5.60 Å². The van der Waals surface area contributed by atoms with Crippen molar-refractivity contribution in [3.05, 3.63) is 82.2 Å². The molecule has 2 aromatic carbocycles. The van der Waals surface area contributed by atoms with Crippen molar-refractivity contribution >= 4 is 17.7 Å². The first-order valence-corrected chi connectivity index (χ1v) is 12.0. The molecule has 0 N–H and O–H groups in total. The van der Waals surface area contributed by atoms with Crippen molar-refractivity contribution in [2.75, 3.05) is 4.90 Å². The molecule has 0 saturated carbocycles. The third-order valence-corrected chi connectivity index (χ3v) is 6.63. The van der Waals surface area contributed by atoms with Gasteiger partial charge in [-0.05, 0) is 63.1 Å². The molecular formula is C27H27F3N4O3. The monoisotopic (exact) mass is 512 g/mol. The summed E-state index contributed by atoms with van der Waals surface area (Å²) in [5.41, 5.74) is 0.932. The highest BCUT2D eigenvalue weighted by Crippen LogP contribution is 2.41. The quantitative estimate of drug-likeness (QED) is 0.437. The molecule has 10 heteroatoms. The minimum absolute atomic E-state index is 0.0286. The molecule has 2 amide bonds. The fraction of sp³-hybridized carbons (Fsp3) is 0.370. The van der Waals surface area contributed by atoms with Crippen LogP contribution < -0.4 is 4.90 Å². The zero-order valence-electron chi connectivity index (χ0n) is 21.0. The molecule has 0 spiro atoms. The van der Waals surface area contributed by atoms with Crippen LogP contribution in [0.3, 0.4) is 0 Å². The molecule has 0 saturated heterocycles. The van der Waals surface area contributed by atoms with Gasteiger partial charge in [-0.25, -0.2) is 4.79 Å². The summed E-state index contributed by atoms with van der Waals surface area (Å²) in [5, 5.41) is 4.41. The van der Waals surface area contributed by atoms with Crippen LogP contribution >= 0.6 is 0 Å². The van der Waals surface area contributed by atoms with Crippen molar-refractivity contribution in [3.63, 3.8) is 0 Å². The lowest BCUT2D eigenvalue weighted by Crippen LogP contribution is -2.33. The van der Waals surface area contributed by atoms with Gasteiger partial charge in [0.15, 0.2) is 0 Å². The Morgan fingerprint density at radius 1 is 1.05 bits per heavy atom. The number of benzene rings is 2. The Bertz CT molecular complexity index is 1380. The van der Waals surface area contributed by atoms with E-state index in [1.807, 2.05) is 0 Å². The molecule has 2 aliphatic rings. The van der Waals surface area contributed by atoms with E-state index in [-0.39, 0.29) is 24.2 Å². The Morgan fingerprint density at radius 2 is 1.76 bits per heavy atom. The van der Waals surface area contributed by atoms with Gasteiger partial charge in [-0.15, -0.1) is 0 Å². The van der Waals surface area contributed by atoms with E-state index in [9.17, 15) is 22.8 Å². The summed E-state index contributed by atoms with van der Waals surface area (Å²) < 4.78 is 49.6. The van der Waals surface area contributed by atoms with Gasteiger partial charge in [-0.1, -0.05) is 18.2 Å². The average molecular weight is 513 g/mol. The molecule has 194 valence electrons. The summed E-state index contributed by atoms with van der Waals surface area (Å²) in [6.07, 6.45) is -3.48. The molecule has 7 nitrogen and oxygen atoms in total. The number of rotatable bonds is 3. The number of ether oxygens (including phenoxy) is 1. The lowest BCUT2D eigenvalue weighted by molar-refractivity contribution is -0.138. The smallest absolute Gasteiger partial charge is 0.416 e. The highest BCUT2D eigenvalue weighted by molar-refractivity contribution is 6.10. The fourth-order valence-electron chi connectivity index (χ4n) is 4.84. The standard InChI is InChI=1S/C27H27F3N4O3/c1-16(34-23-15-32(13-18(23)12-31-34)25(36)37-26(2,3)4)17-10-20-21(22(11-17)27(28,29)30)14-33(24(20)35)19-8-6-5-7-9-19/h5-12,16H,13-15H2,1-4H3. The lowest BCUT2D eigenvalue weighted by atomic mass is 9.96. The first-order valence-electron chi connectivity index (χ1n) is 12.0. The second kappa shape index (κ2) is 8.64. The van der Waals surface area contributed by atoms with Crippen LogP contribution in [0.25, 0.3) is 0 Å². The number of alkyl halides is 3. The van der Waals surface area contributed by atoms with Crippen molar-refractivity contribution in [2.45, 2.75) is 65.1 Å². The Kier molecular flexibility index (Phi) is 5.80. The first-order chi connectivity index (χ1) is 17.3. The summed E-state index contributed by atoms with van der Waals surface area (Å²) in [4.78, 5) is 28.7. The number of nitrogens with zero attached hydrogens (tertiary/aromatic N) is 4. The molecule has 1 aromatic heterocycles. The van der Waals surface area contributed by atoms with E-state index in [2.05, 4.69) is 5.10 Å². The van der Waals surface area contributed by atoms with Crippen LogP contribution in [0.15, 0.2) is 48.7 Å². The van der Waals surface area contributed by atoms with Gasteiger partial charge in [-0.3, -0.25) is 14.4 Å². The summed E-state index contributed by atoms with van der Waals surface area (Å²) in [7, 11) is 0. The molecule has 37 heavy (non-hydrogen) atoms. The van der Waals surface area contributed by atoms with Crippen LogP contribution in [0.5, 0.6) is 0 Å². The predicted octanol–water partition coefficient (Wildman–Crippen LogP) is 5.92. The number of amides is 2. The number of carbonyl (C=O) groups excluding carboxylic acids is 2. The molecular weight excluding hydrogens is 485 g/mol. The van der Waals surface area contributed by atoms with Crippen molar-refractivity contribution in [2.24, 2.45) is 0 Å². The van der Waals surface area contributed by atoms with E-state index in [1.165, 1.54) is 15.9 Å². The fourth-order valence-corrected chi connectivity index (χ4v) is 4.84. The van der Waals surface area contributed by atoms with Crippen LogP contribution in [-0.2, 0) is 30.5 Å². The summed E-state index contributed by atoms with van der Waals surface area (Å²) in [6.45, 7) is 7.47. The summed E-state index contributed by atoms with van der Waals surface area (Å²) in [6, 6.07) is 10.7. The van der Waals surface area contributed by atoms with E-state index < -0.39 is 35.4 Å². The van der Waals surface area contributed by atoms with E-state index in [0.717, 1.165) is 17.3 Å². The number of para-hydroxylation sites is 1. The number of fused-ring (bicyclic) bond motifs is 2. The average Bonchev–Trinajstić information content (AvgIpc) is 3.50. The Morgan fingerprint density at radius 3 is 2.41 bits per heavy atom. The molecule has 1 unspecified atom stereocenters. The van der Waals surface area contributed by atoms with Crippen LogP contribution in [0.4, 0.5) is 23.7 Å². The number of aromatic nitrogens is 2. The SMILES string of the molecule is CC(c1cc2c(c(C(F)(F)F)c1)CN(c1ccccc1)C2=O)n1ncc2c1CN(C(=O)OC(C)(C)C)C2. The maximum Gasteiger partial charge on any atom is 0.416 e. The third-order valence-electron chi connectivity index (χ3n) is 6.63. The van der Waals surface area contributed by atoms with E-state index in [1.54, 1.807) is 68.9 Å². The topological polar surface area (TPSA) is 67.7 Å². The van der Waals surface area contributed by atoms with Crippen LogP contribution in [-0.4, -0.2) is 32.3 Å². The van der Waals surface area contributed by atoms with E-state index in [4.69, 9.17) is 4.74 Å². The predicted molar refractivity (Wildman–Crippen MR) is 130 cm³/mol. The molecule has 0 radical (unpaired) electrons. The number of hydrogen-bond acceptors (Lipinski definition) is 4. The first kappa shape index (κ1) is 24.9. The molecule has 1 atom stereocenters. The van der Waals surface area contributed by atoms with Gasteiger partial charge in [0.05, 0.1) is 43.1 Å². The minimum atomic E-state index is -4.63. The maximum absolute atomic E-state index is 14.2. The Labute approximate surface area is 212 Å². The zero-order chi connectivity index (χ0) is 26.7. The second-order valence-corrected chi connectivity index (χ2v) is 10.4. The van der Waals surface area contributed by atoms with Crippen LogP contribution in [0.1, 0.15) is 72.0 Å². The van der Waals surface area contributed by atoms with Crippen molar-refractivity contribution < 1.29 is 27.5 Å². The number of anilines is 1. The maximum atomic E-state index is 14.2. The minimum Gasteiger partial charge on any atom is -0.444 e. The number of carbonyl (C=O) groups is 2. The van der Waals surface area contributed by atoms with Crippen LogP contribution in [0.2, 0.25) is 0 Å². The van der Waals surface area contributed by atoms with Crippen molar-refractivity contribution in [3.8, 4) is 0 Å². The van der Waals surface area contributed by atoms with Crippen molar-refractivity contribution in [1.29, 1.82) is 0 Å². The van der Waals surface area contributed by atoms with Gasteiger partial charge in [0.25, 0.3) is 5.91 Å². The summed E-state index contributed by atoms with van der Waals surface area (Å²) in [5.74, 6) is -0.470. The van der Waals surface area contributed by atoms with Crippen molar-refractivity contribution in [1.82, 2.24) is 14.7 Å². The van der Waals surface area contributed by atoms with Gasteiger partial charge < -0.3 is 9.64 Å². The molecule has 0 fully saturated rings. The van der Waals surface area contributed by atoms with Crippen LogP contribution in [0, 0.1) is 0 Å². The molecule has 3 heterocycles. The zero-order valence-corrected chi connectivity index (χ0v) is 21.0. The molecule has 0 bridgehead atoms. The molecule has 2 aliphatic heterocycles. The van der Waals surface area contributed by atoms with Gasteiger partial charge in [0, 0.05) is 16.8 Å². The largest absolute Gasteiger partial charge is 0.444 e. The van der Waals surface area contributed by atoms with Gasteiger partial charge in [0.2, 0.25) is 0 Å². The van der Waals surface area contributed by atoms with E-state index in [0.29, 0.717) is 17.8 Å². The number of hydrogen-bond donors (Lipinski definition) is 0. The third kappa shape index (κ3) is 4.56. The number of halogens is 3. The molecule has 0 aliphatic carbocycles. The highest BCUT2D eigenvalue weighted by Gasteiger charge is 2.41. The van der Waals surface area contributed by atoms with E-state index >= 15 is 0 Å². The van der Waals surface area contributed by atoms with Gasteiger partial charge >= 0.3 is 12.3 Å². The Balaban J connectivity index is 1.48. The molecule has 5 rings (SSSR count). The second-order valence-electron chi connectivity index (χ2n) is 10.4. The Hall–Kier alpha value is -3.82. The molecule has 3 aromatic rings. The van der Waals surface area contributed by atoms with Gasteiger partial charge in [-0.2, -0.15) is 18.3 Å².